The molecule has 36 heavy (non-hydrogen) atoms. The van der Waals surface area contributed by atoms with E-state index >= 15 is 8.78 Å². The average molecular weight is 518 g/mol. The number of benzene rings is 1. The lowest BCUT2D eigenvalue weighted by Gasteiger charge is -2.73. The van der Waals surface area contributed by atoms with Crippen LogP contribution in [-0.2, 0) is 17.6 Å². The molecule has 1 atom stereocenters. The van der Waals surface area contributed by atoms with Gasteiger partial charge >= 0.3 is 6.18 Å². The summed E-state index contributed by atoms with van der Waals surface area (Å²) in [6.07, 6.45) is -1.92. The Hall–Kier alpha value is -3.36. The van der Waals surface area contributed by atoms with Gasteiger partial charge in [-0.05, 0) is 36.6 Å². The fraction of sp³-hybridized carbons (Fsp3) is 0.476. The predicted molar refractivity (Wildman–Crippen MR) is 105 cm³/mol. The topological polar surface area (TPSA) is 98.8 Å². The second kappa shape index (κ2) is 7.82. The van der Waals surface area contributed by atoms with Crippen LogP contribution in [0.1, 0.15) is 30.5 Å². The number of alkyl halides is 5. The number of halogens is 7. The molecule has 3 aliphatic rings. The number of aliphatic hydroxyl groups is 1. The molecular weight excluding hydrogens is 501 g/mol. The molecule has 6 rings (SSSR count). The molecule has 2 bridgehead atoms. The lowest BCUT2D eigenvalue weighted by atomic mass is 9.31. The minimum absolute atomic E-state index is 0.152. The summed E-state index contributed by atoms with van der Waals surface area (Å²) in [5.74, 6) is -6.67. The van der Waals surface area contributed by atoms with Gasteiger partial charge in [0.05, 0.1) is 18.1 Å². The van der Waals surface area contributed by atoms with E-state index in [1.807, 2.05) is 0 Å². The van der Waals surface area contributed by atoms with Gasteiger partial charge in [0.1, 0.15) is 18.2 Å². The maximum Gasteiger partial charge on any atom is 0.422 e. The molecule has 3 saturated carbocycles. The van der Waals surface area contributed by atoms with Crippen molar-refractivity contribution in [1.29, 1.82) is 0 Å². The summed E-state index contributed by atoms with van der Waals surface area (Å²) in [5, 5.41) is 21.9. The van der Waals surface area contributed by atoms with Crippen molar-refractivity contribution in [2.75, 3.05) is 6.61 Å². The molecule has 15 heteroatoms. The Bertz CT molecular complexity index is 1250. The van der Waals surface area contributed by atoms with E-state index < -0.39 is 58.9 Å². The molecule has 3 aliphatic carbocycles. The van der Waals surface area contributed by atoms with Gasteiger partial charge in [-0.1, -0.05) is 0 Å². The van der Waals surface area contributed by atoms with Gasteiger partial charge in [-0.2, -0.15) is 18.0 Å². The molecule has 192 valence electrons. The third-order valence-electron chi connectivity index (χ3n) is 6.91. The third-order valence-corrected chi connectivity index (χ3v) is 6.91. The van der Waals surface area contributed by atoms with Gasteiger partial charge in [-0.25, -0.2) is 22.5 Å². The highest BCUT2D eigenvalue weighted by molar-refractivity contribution is 5.40. The zero-order valence-corrected chi connectivity index (χ0v) is 18.2. The highest BCUT2D eigenvalue weighted by atomic mass is 19.4. The summed E-state index contributed by atoms with van der Waals surface area (Å²) in [6.45, 7) is -2.51. The van der Waals surface area contributed by atoms with E-state index in [0.29, 0.717) is 10.9 Å². The minimum Gasteiger partial charge on any atom is -0.467 e. The Morgan fingerprint density at radius 3 is 2.31 bits per heavy atom. The molecule has 1 N–H and O–H groups in total. The van der Waals surface area contributed by atoms with Crippen molar-refractivity contribution in [1.82, 2.24) is 30.2 Å². The molecule has 0 aliphatic heterocycles. The largest absolute Gasteiger partial charge is 0.467 e. The maximum absolute atomic E-state index is 16.1. The first-order chi connectivity index (χ1) is 16.8. The van der Waals surface area contributed by atoms with Crippen molar-refractivity contribution in [2.24, 2.45) is 5.41 Å². The fourth-order valence-electron chi connectivity index (χ4n) is 5.30. The van der Waals surface area contributed by atoms with Crippen molar-refractivity contribution in [2.45, 2.75) is 48.9 Å². The number of hydrogen-bond acceptors (Lipinski definition) is 7. The van der Waals surface area contributed by atoms with Gasteiger partial charge in [0.25, 0.3) is 5.92 Å². The van der Waals surface area contributed by atoms with E-state index in [-0.39, 0.29) is 30.8 Å². The van der Waals surface area contributed by atoms with Gasteiger partial charge in [-0.3, -0.25) is 4.98 Å². The van der Waals surface area contributed by atoms with Crippen molar-refractivity contribution in [3.05, 3.63) is 59.8 Å². The summed E-state index contributed by atoms with van der Waals surface area (Å²) >= 11 is 0. The van der Waals surface area contributed by atoms with Gasteiger partial charge in [0.2, 0.25) is 5.88 Å². The number of ether oxygens (including phenoxy) is 1. The van der Waals surface area contributed by atoms with Gasteiger partial charge in [-0.15, -0.1) is 10.2 Å². The number of tetrazole rings is 1. The first-order valence-corrected chi connectivity index (χ1v) is 10.6. The Kier molecular flexibility index (Phi) is 5.29. The number of hydrogen-bond donors (Lipinski definition) is 1. The Morgan fingerprint density at radius 2 is 1.75 bits per heavy atom. The summed E-state index contributed by atoms with van der Waals surface area (Å²) in [5.41, 5.74) is -6.27. The zero-order valence-electron chi connectivity index (χ0n) is 18.2. The molecule has 8 nitrogen and oxygen atoms in total. The summed E-state index contributed by atoms with van der Waals surface area (Å²) < 4.78 is 102. The molecule has 0 unspecified atom stereocenters. The Labute approximate surface area is 198 Å². The minimum atomic E-state index is -4.56. The fourth-order valence-corrected chi connectivity index (χ4v) is 5.30. The lowest BCUT2D eigenvalue weighted by molar-refractivity contribution is -0.348. The molecule has 0 spiro atoms. The molecule has 3 fully saturated rings. The van der Waals surface area contributed by atoms with E-state index in [0.717, 1.165) is 30.9 Å². The quantitative estimate of drug-likeness (QED) is 0.457. The van der Waals surface area contributed by atoms with Crippen molar-refractivity contribution < 1.29 is 40.6 Å². The maximum atomic E-state index is 16.1. The molecule has 2 aromatic heterocycles. The second-order valence-electron chi connectivity index (χ2n) is 9.26. The van der Waals surface area contributed by atoms with Gasteiger partial charge in [0, 0.05) is 22.5 Å². The third kappa shape index (κ3) is 3.67. The summed E-state index contributed by atoms with van der Waals surface area (Å²) in [6, 6.07) is 1.91. The zero-order chi connectivity index (χ0) is 26.0. The average Bonchev–Trinajstić information content (AvgIpc) is 3.23. The molecule has 0 radical (unpaired) electrons. The standard InChI is InChI=1S/C21H17F7N6O2/c22-12-1-2-13(14(23)3-12)19(35,9-34-32-11-31-33-34)21(27,28)18-6-17(7-18,8-18)15-4-30-16(5-29-15)36-10-20(24,25)26/h1-5,11,35H,6-10H2/t17?,18?,19-/m1/s1. The van der Waals surface area contributed by atoms with Gasteiger partial charge in [0.15, 0.2) is 18.5 Å². The van der Waals surface area contributed by atoms with Gasteiger partial charge < -0.3 is 9.84 Å². The number of aromatic nitrogens is 6. The van der Waals surface area contributed by atoms with Crippen LogP contribution in [-0.4, -0.2) is 54.0 Å². The smallest absolute Gasteiger partial charge is 0.422 e. The van der Waals surface area contributed by atoms with E-state index in [2.05, 4.69) is 30.1 Å². The van der Waals surface area contributed by atoms with Crippen LogP contribution in [0.3, 0.4) is 0 Å². The van der Waals surface area contributed by atoms with Crippen LogP contribution in [0.2, 0.25) is 0 Å². The predicted octanol–water partition coefficient (Wildman–Crippen LogP) is 3.33. The van der Waals surface area contributed by atoms with Crippen molar-refractivity contribution in [3.63, 3.8) is 0 Å². The van der Waals surface area contributed by atoms with Crippen molar-refractivity contribution in [3.8, 4) is 5.88 Å². The van der Waals surface area contributed by atoms with Crippen LogP contribution in [0.5, 0.6) is 5.88 Å². The monoisotopic (exact) mass is 518 g/mol. The highest BCUT2D eigenvalue weighted by Crippen LogP contribution is 2.80. The Morgan fingerprint density at radius 1 is 1.03 bits per heavy atom. The van der Waals surface area contributed by atoms with Crippen LogP contribution < -0.4 is 4.74 Å². The summed E-state index contributed by atoms with van der Waals surface area (Å²) in [4.78, 5) is 8.49. The van der Waals surface area contributed by atoms with E-state index in [1.54, 1.807) is 0 Å². The van der Waals surface area contributed by atoms with E-state index in [4.69, 9.17) is 0 Å². The van der Waals surface area contributed by atoms with Crippen LogP contribution in [0.25, 0.3) is 0 Å². The van der Waals surface area contributed by atoms with E-state index in [9.17, 15) is 27.1 Å². The molecule has 3 aromatic rings. The molecule has 0 amide bonds. The highest BCUT2D eigenvalue weighted by Gasteiger charge is 2.82. The normalized spacial score (nSPS) is 25.0. The number of nitrogens with zero attached hydrogens (tertiary/aromatic N) is 6. The van der Waals surface area contributed by atoms with Crippen molar-refractivity contribution >= 4 is 0 Å². The summed E-state index contributed by atoms with van der Waals surface area (Å²) in [7, 11) is 0. The molecule has 1 aromatic carbocycles. The number of rotatable bonds is 8. The van der Waals surface area contributed by atoms with Crippen LogP contribution >= 0.6 is 0 Å². The molecule has 0 saturated heterocycles. The van der Waals surface area contributed by atoms with Crippen LogP contribution in [0, 0.1) is 17.0 Å². The SMILES string of the molecule is O[C@](Cn1ncnn1)(c1ccc(F)cc1F)C(F)(F)C12CC(c3cnc(OCC(F)(F)F)cn3)(C1)C2. The van der Waals surface area contributed by atoms with Crippen LogP contribution in [0.15, 0.2) is 36.9 Å². The molecular formula is C21H17F7N6O2. The lowest BCUT2D eigenvalue weighted by Crippen LogP contribution is -2.76. The molecule has 2 heterocycles. The Balaban J connectivity index is 1.39. The first kappa shape index (κ1) is 24.3. The van der Waals surface area contributed by atoms with Crippen LogP contribution in [0.4, 0.5) is 30.7 Å². The first-order valence-electron chi connectivity index (χ1n) is 10.6. The second-order valence-corrected chi connectivity index (χ2v) is 9.26. The van der Waals surface area contributed by atoms with E-state index in [1.165, 1.54) is 0 Å².